The number of hydrogen-bond acceptors (Lipinski definition) is 7. The molecule has 0 unspecified atom stereocenters. The van der Waals surface area contributed by atoms with Crippen molar-refractivity contribution in [3.8, 4) is 0 Å². The molecule has 3 heterocycles. The Balaban J connectivity index is 1.65. The fourth-order valence-corrected chi connectivity index (χ4v) is 5.24. The Morgan fingerprint density at radius 1 is 1.14 bits per heavy atom. The minimum absolute atomic E-state index is 0.0171. The second kappa shape index (κ2) is 6.79. The SMILES string of the molecule is O=S(=O)(O)c1c(N=Nc2nc3ccc(Cl)cc3o2)cc2c3c1CCCN3CCC2. The van der Waals surface area contributed by atoms with Gasteiger partial charge >= 0.3 is 6.01 Å². The summed E-state index contributed by atoms with van der Waals surface area (Å²) < 4.78 is 39.9. The van der Waals surface area contributed by atoms with E-state index in [9.17, 15) is 13.0 Å². The number of rotatable bonds is 3. The average Bonchev–Trinajstić information content (AvgIpc) is 3.07. The standard InChI is InChI=1S/C19H17ClN4O4S/c20-12-5-6-14-16(10-12)28-19(21-14)23-22-15-9-11-3-1-7-24-8-2-4-13(17(11)24)18(15)29(25,26)27/h5-6,9-10H,1-4,7-8H2,(H,25,26,27). The predicted molar refractivity (Wildman–Crippen MR) is 108 cm³/mol. The number of aromatic nitrogens is 1. The minimum Gasteiger partial charge on any atom is -0.421 e. The van der Waals surface area contributed by atoms with Gasteiger partial charge in [0.1, 0.15) is 16.1 Å². The van der Waals surface area contributed by atoms with Crippen LogP contribution in [0.3, 0.4) is 0 Å². The number of benzene rings is 2. The number of fused-ring (bicyclic) bond motifs is 1. The Morgan fingerprint density at radius 2 is 1.93 bits per heavy atom. The molecule has 0 radical (unpaired) electrons. The van der Waals surface area contributed by atoms with E-state index < -0.39 is 10.1 Å². The van der Waals surface area contributed by atoms with Crippen molar-refractivity contribution in [2.45, 2.75) is 30.6 Å². The van der Waals surface area contributed by atoms with Crippen molar-refractivity contribution < 1.29 is 17.4 Å². The molecule has 2 aromatic carbocycles. The third-order valence-electron chi connectivity index (χ3n) is 5.29. The van der Waals surface area contributed by atoms with E-state index in [1.807, 2.05) is 0 Å². The van der Waals surface area contributed by atoms with Gasteiger partial charge in [0, 0.05) is 29.9 Å². The van der Waals surface area contributed by atoms with Crippen LogP contribution in [0.1, 0.15) is 24.0 Å². The van der Waals surface area contributed by atoms with Crippen LogP contribution < -0.4 is 4.90 Å². The molecule has 8 nitrogen and oxygen atoms in total. The first kappa shape index (κ1) is 18.5. The maximum absolute atomic E-state index is 12.2. The number of aryl methyl sites for hydroxylation is 1. The Kier molecular flexibility index (Phi) is 4.34. The number of oxazole rings is 1. The van der Waals surface area contributed by atoms with Crippen LogP contribution in [0.25, 0.3) is 11.1 Å². The van der Waals surface area contributed by atoms with Gasteiger partial charge in [-0.3, -0.25) is 4.55 Å². The van der Waals surface area contributed by atoms with Crippen LogP contribution in [-0.4, -0.2) is 31.0 Å². The summed E-state index contributed by atoms with van der Waals surface area (Å²) >= 11 is 5.95. The van der Waals surface area contributed by atoms with E-state index in [1.54, 1.807) is 24.3 Å². The molecule has 10 heteroatoms. The van der Waals surface area contributed by atoms with Crippen molar-refractivity contribution in [1.29, 1.82) is 0 Å². The van der Waals surface area contributed by atoms with E-state index in [2.05, 4.69) is 20.1 Å². The maximum Gasteiger partial charge on any atom is 0.341 e. The highest BCUT2D eigenvalue weighted by atomic mass is 35.5. The van der Waals surface area contributed by atoms with Crippen molar-refractivity contribution in [3.05, 3.63) is 40.4 Å². The highest BCUT2D eigenvalue weighted by molar-refractivity contribution is 7.86. The summed E-state index contributed by atoms with van der Waals surface area (Å²) in [6, 6.07) is 6.68. The van der Waals surface area contributed by atoms with E-state index >= 15 is 0 Å². The van der Waals surface area contributed by atoms with Crippen molar-refractivity contribution in [3.63, 3.8) is 0 Å². The summed E-state index contributed by atoms with van der Waals surface area (Å²) in [5.74, 6) is 0. The molecule has 0 fully saturated rings. The van der Waals surface area contributed by atoms with Crippen LogP contribution in [-0.2, 0) is 23.0 Å². The highest BCUT2D eigenvalue weighted by Gasteiger charge is 2.32. The summed E-state index contributed by atoms with van der Waals surface area (Å²) in [5.41, 5.74) is 3.69. The smallest absolute Gasteiger partial charge is 0.341 e. The molecule has 0 atom stereocenters. The second-order valence-electron chi connectivity index (χ2n) is 7.19. The molecule has 3 aromatic rings. The molecular formula is C19H17ClN4O4S. The van der Waals surface area contributed by atoms with Gasteiger partial charge in [-0.25, -0.2) is 0 Å². The quantitative estimate of drug-likeness (QED) is 0.468. The van der Waals surface area contributed by atoms with Crippen molar-refractivity contribution in [2.75, 3.05) is 18.0 Å². The third-order valence-corrected chi connectivity index (χ3v) is 6.50. The Labute approximate surface area is 172 Å². The first-order valence-electron chi connectivity index (χ1n) is 9.29. The van der Waals surface area contributed by atoms with Gasteiger partial charge in [-0.15, -0.1) is 5.11 Å². The topological polar surface area (TPSA) is 108 Å². The lowest BCUT2D eigenvalue weighted by atomic mass is 9.91. The van der Waals surface area contributed by atoms with Crippen LogP contribution in [0, 0.1) is 0 Å². The van der Waals surface area contributed by atoms with Crippen LogP contribution in [0.5, 0.6) is 0 Å². The van der Waals surface area contributed by atoms with E-state index in [0.717, 1.165) is 43.6 Å². The van der Waals surface area contributed by atoms with E-state index in [-0.39, 0.29) is 16.6 Å². The van der Waals surface area contributed by atoms with E-state index in [0.29, 0.717) is 28.1 Å². The number of halogens is 1. The van der Waals surface area contributed by atoms with Gasteiger partial charge in [0.2, 0.25) is 0 Å². The first-order valence-corrected chi connectivity index (χ1v) is 11.1. The zero-order valence-electron chi connectivity index (χ0n) is 15.3. The Bertz CT molecular complexity index is 1270. The molecule has 0 amide bonds. The summed E-state index contributed by atoms with van der Waals surface area (Å²) in [6.07, 6.45) is 3.20. The number of nitrogens with zero attached hydrogens (tertiary/aromatic N) is 4. The Morgan fingerprint density at radius 3 is 2.72 bits per heavy atom. The lowest BCUT2D eigenvalue weighted by Crippen LogP contribution is -2.35. The van der Waals surface area contributed by atoms with Gasteiger partial charge in [-0.05, 0) is 55.0 Å². The zero-order chi connectivity index (χ0) is 20.2. The summed E-state index contributed by atoms with van der Waals surface area (Å²) in [5, 5.41) is 8.60. The summed E-state index contributed by atoms with van der Waals surface area (Å²) in [6.45, 7) is 1.77. The molecule has 0 saturated carbocycles. The predicted octanol–water partition coefficient (Wildman–Crippen LogP) is 4.84. The first-order chi connectivity index (χ1) is 13.9. The highest BCUT2D eigenvalue weighted by Crippen LogP contribution is 2.43. The van der Waals surface area contributed by atoms with Gasteiger partial charge in [0.15, 0.2) is 5.58 Å². The van der Waals surface area contributed by atoms with Gasteiger partial charge in [-0.1, -0.05) is 16.7 Å². The molecule has 0 aliphatic carbocycles. The second-order valence-corrected chi connectivity index (χ2v) is 8.98. The zero-order valence-corrected chi connectivity index (χ0v) is 16.9. The van der Waals surface area contributed by atoms with E-state index in [4.69, 9.17) is 16.0 Å². The van der Waals surface area contributed by atoms with Crippen LogP contribution in [0.2, 0.25) is 5.02 Å². The average molecular weight is 433 g/mol. The fraction of sp³-hybridized carbons (Fsp3) is 0.316. The molecule has 5 rings (SSSR count). The molecule has 0 spiro atoms. The Hall–Kier alpha value is -2.49. The van der Waals surface area contributed by atoms with Crippen molar-refractivity contribution >= 4 is 50.2 Å². The fourth-order valence-electron chi connectivity index (χ4n) is 4.20. The third kappa shape index (κ3) is 3.29. The summed E-state index contributed by atoms with van der Waals surface area (Å²) in [7, 11) is -4.48. The molecule has 0 saturated heterocycles. The van der Waals surface area contributed by atoms with Crippen molar-refractivity contribution in [2.24, 2.45) is 10.2 Å². The maximum atomic E-state index is 12.2. The number of anilines is 1. The minimum atomic E-state index is -4.48. The largest absolute Gasteiger partial charge is 0.421 e. The molecular weight excluding hydrogens is 416 g/mol. The van der Waals surface area contributed by atoms with Gasteiger partial charge in [0.25, 0.3) is 10.1 Å². The van der Waals surface area contributed by atoms with Crippen molar-refractivity contribution in [1.82, 2.24) is 4.98 Å². The van der Waals surface area contributed by atoms with E-state index in [1.165, 1.54) is 0 Å². The molecule has 1 aromatic heterocycles. The number of azo groups is 1. The lowest BCUT2D eigenvalue weighted by molar-refractivity contribution is 0.481. The van der Waals surface area contributed by atoms with Crippen LogP contribution >= 0.6 is 11.6 Å². The normalized spacial score (nSPS) is 16.6. The van der Waals surface area contributed by atoms with Gasteiger partial charge < -0.3 is 9.32 Å². The van der Waals surface area contributed by atoms with Crippen LogP contribution in [0.15, 0.2) is 43.8 Å². The summed E-state index contributed by atoms with van der Waals surface area (Å²) in [4.78, 5) is 6.23. The molecule has 1 N–H and O–H groups in total. The molecule has 29 heavy (non-hydrogen) atoms. The van der Waals surface area contributed by atoms with Gasteiger partial charge in [0.05, 0.1) is 0 Å². The molecule has 2 aliphatic rings. The van der Waals surface area contributed by atoms with Gasteiger partial charge in [-0.2, -0.15) is 13.4 Å². The van der Waals surface area contributed by atoms with Crippen LogP contribution in [0.4, 0.5) is 17.4 Å². The molecule has 2 aliphatic heterocycles. The molecule has 0 bridgehead atoms. The number of hydrogen-bond donors (Lipinski definition) is 1. The monoisotopic (exact) mass is 432 g/mol. The molecule has 150 valence electrons. The lowest BCUT2D eigenvalue weighted by Gasteiger charge is -2.37.